The van der Waals surface area contributed by atoms with Gasteiger partial charge in [0.05, 0.1) is 12.7 Å². The van der Waals surface area contributed by atoms with Crippen LogP contribution in [0.25, 0.3) is 0 Å². The van der Waals surface area contributed by atoms with Gasteiger partial charge >= 0.3 is 0 Å². The number of rotatable bonds is 5. The normalized spacial score (nSPS) is 10.2. The smallest absolute Gasteiger partial charge is 0.259 e. The number of methoxy groups -OCH3 is 1. The molecule has 0 atom stereocenters. The van der Waals surface area contributed by atoms with Gasteiger partial charge in [0.15, 0.2) is 0 Å². The van der Waals surface area contributed by atoms with Crippen LogP contribution in [0.4, 0.5) is 5.13 Å². The number of carbonyl (C=O) groups excluding carboxylic acids is 1. The molecule has 7 heteroatoms. The Morgan fingerprint density at radius 2 is 2.26 bits per heavy atom. The fourth-order valence-electron chi connectivity index (χ4n) is 1.42. The topological polar surface area (TPSA) is 77.0 Å². The Morgan fingerprint density at radius 1 is 1.42 bits per heavy atom. The van der Waals surface area contributed by atoms with Gasteiger partial charge in [-0.25, -0.2) is 4.98 Å². The van der Waals surface area contributed by atoms with Crippen LogP contribution in [0.15, 0.2) is 18.3 Å². The molecule has 1 N–H and O–H groups in total. The van der Waals surface area contributed by atoms with Gasteiger partial charge < -0.3 is 4.74 Å². The highest BCUT2D eigenvalue weighted by Gasteiger charge is 2.10. The van der Waals surface area contributed by atoms with E-state index in [1.165, 1.54) is 24.6 Å². The summed E-state index contributed by atoms with van der Waals surface area (Å²) in [5.74, 6) is 0.215. The largest absolute Gasteiger partial charge is 0.481 e. The van der Waals surface area contributed by atoms with Crippen LogP contribution in [0.1, 0.15) is 28.7 Å². The Kier molecular flexibility index (Phi) is 4.40. The van der Waals surface area contributed by atoms with Crippen molar-refractivity contribution in [3.63, 3.8) is 0 Å². The van der Waals surface area contributed by atoms with Crippen molar-refractivity contribution in [1.82, 2.24) is 15.2 Å². The number of aromatic nitrogens is 3. The summed E-state index contributed by atoms with van der Waals surface area (Å²) in [6.45, 7) is 2.07. The van der Waals surface area contributed by atoms with E-state index in [0.29, 0.717) is 16.6 Å². The summed E-state index contributed by atoms with van der Waals surface area (Å²) in [5, 5.41) is 12.0. The van der Waals surface area contributed by atoms with Crippen LogP contribution in [0.3, 0.4) is 0 Å². The Balaban J connectivity index is 2.02. The Hall–Kier alpha value is -2.02. The number of hydrogen-bond donors (Lipinski definition) is 1. The molecule has 2 aromatic rings. The zero-order valence-electron chi connectivity index (χ0n) is 10.7. The third kappa shape index (κ3) is 3.47. The second-order valence-electron chi connectivity index (χ2n) is 3.79. The number of nitrogens with one attached hydrogen (secondary N) is 1. The summed E-state index contributed by atoms with van der Waals surface area (Å²) in [6, 6.07) is 3.28. The number of anilines is 1. The molecule has 0 aliphatic rings. The van der Waals surface area contributed by atoms with Crippen LogP contribution in [-0.2, 0) is 6.42 Å². The summed E-state index contributed by atoms with van der Waals surface area (Å²) in [5.41, 5.74) is 0.452. The highest BCUT2D eigenvalue weighted by Crippen LogP contribution is 2.17. The number of nitrogens with zero attached hydrogens (tertiary/aromatic N) is 3. The number of aryl methyl sites for hydroxylation is 1. The predicted octanol–water partition coefficient (Wildman–Crippen LogP) is 2.15. The van der Waals surface area contributed by atoms with Crippen LogP contribution in [0, 0.1) is 0 Å². The molecule has 2 aromatic heterocycles. The molecule has 0 aliphatic heterocycles. The van der Waals surface area contributed by atoms with Crippen molar-refractivity contribution in [1.29, 1.82) is 0 Å². The number of hydrogen-bond acceptors (Lipinski definition) is 6. The lowest BCUT2D eigenvalue weighted by Gasteiger charge is -2.01. The molecule has 0 spiro atoms. The van der Waals surface area contributed by atoms with Crippen LogP contribution < -0.4 is 10.1 Å². The first-order valence-corrected chi connectivity index (χ1v) is 6.68. The number of ether oxygens (including phenoxy) is 1. The van der Waals surface area contributed by atoms with E-state index in [4.69, 9.17) is 4.74 Å². The Morgan fingerprint density at radius 3 is 2.89 bits per heavy atom. The molecule has 2 heterocycles. The van der Waals surface area contributed by atoms with Crippen LogP contribution in [-0.4, -0.2) is 28.2 Å². The van der Waals surface area contributed by atoms with Gasteiger partial charge in [-0.05, 0) is 12.5 Å². The summed E-state index contributed by atoms with van der Waals surface area (Å²) >= 11 is 1.39. The fraction of sp³-hybridized carbons (Fsp3) is 0.333. The molecule has 6 nitrogen and oxygen atoms in total. The molecule has 100 valence electrons. The van der Waals surface area contributed by atoms with Crippen molar-refractivity contribution in [2.24, 2.45) is 0 Å². The molecule has 1 amide bonds. The van der Waals surface area contributed by atoms with Gasteiger partial charge in [-0.15, -0.1) is 10.2 Å². The zero-order chi connectivity index (χ0) is 13.7. The number of carbonyl (C=O) groups is 1. The third-order valence-electron chi connectivity index (χ3n) is 2.36. The maximum Gasteiger partial charge on any atom is 0.259 e. The van der Waals surface area contributed by atoms with Gasteiger partial charge in [-0.1, -0.05) is 18.3 Å². The van der Waals surface area contributed by atoms with Crippen molar-refractivity contribution in [2.45, 2.75) is 19.8 Å². The van der Waals surface area contributed by atoms with Crippen LogP contribution in [0.2, 0.25) is 0 Å². The van der Waals surface area contributed by atoms with E-state index >= 15 is 0 Å². The van der Waals surface area contributed by atoms with Gasteiger partial charge in [0.1, 0.15) is 5.01 Å². The highest BCUT2D eigenvalue weighted by molar-refractivity contribution is 7.15. The SMILES string of the molecule is CCCc1nnc(NC(=O)c2ccc(OC)nc2)s1. The maximum atomic E-state index is 11.9. The average molecular weight is 278 g/mol. The Labute approximate surface area is 114 Å². The molecule has 0 aliphatic carbocycles. The van der Waals surface area contributed by atoms with E-state index in [2.05, 4.69) is 27.4 Å². The van der Waals surface area contributed by atoms with Crippen molar-refractivity contribution < 1.29 is 9.53 Å². The minimum absolute atomic E-state index is 0.255. The van der Waals surface area contributed by atoms with Crippen molar-refractivity contribution in [3.8, 4) is 5.88 Å². The number of pyridine rings is 1. The van der Waals surface area contributed by atoms with E-state index in [1.54, 1.807) is 12.1 Å². The standard InChI is InChI=1S/C12H14N4O2S/c1-3-4-10-15-16-12(19-10)14-11(17)8-5-6-9(18-2)13-7-8/h5-7H,3-4H2,1-2H3,(H,14,16,17). The third-order valence-corrected chi connectivity index (χ3v) is 3.26. The second kappa shape index (κ2) is 6.24. The molecular weight excluding hydrogens is 264 g/mol. The van der Waals surface area contributed by atoms with E-state index in [9.17, 15) is 4.79 Å². The zero-order valence-corrected chi connectivity index (χ0v) is 11.5. The van der Waals surface area contributed by atoms with E-state index < -0.39 is 0 Å². The first-order chi connectivity index (χ1) is 9.22. The van der Waals surface area contributed by atoms with Gasteiger partial charge in [-0.3, -0.25) is 10.1 Å². The fourth-order valence-corrected chi connectivity index (χ4v) is 2.26. The lowest BCUT2D eigenvalue weighted by Crippen LogP contribution is -2.12. The lowest BCUT2D eigenvalue weighted by molar-refractivity contribution is 0.102. The minimum Gasteiger partial charge on any atom is -0.481 e. The highest BCUT2D eigenvalue weighted by atomic mass is 32.1. The number of amides is 1. The van der Waals surface area contributed by atoms with Crippen molar-refractivity contribution >= 4 is 22.4 Å². The molecular formula is C12H14N4O2S. The quantitative estimate of drug-likeness (QED) is 0.906. The summed E-state index contributed by atoms with van der Waals surface area (Å²) in [4.78, 5) is 15.9. The molecule has 0 bridgehead atoms. The summed E-state index contributed by atoms with van der Waals surface area (Å²) in [6.07, 6.45) is 3.34. The molecule has 0 aromatic carbocycles. The van der Waals surface area contributed by atoms with Crippen LogP contribution in [0.5, 0.6) is 5.88 Å². The monoisotopic (exact) mass is 278 g/mol. The Bertz CT molecular complexity index is 553. The van der Waals surface area contributed by atoms with E-state index in [0.717, 1.165) is 17.8 Å². The minimum atomic E-state index is -0.255. The van der Waals surface area contributed by atoms with Gasteiger partial charge in [0.25, 0.3) is 5.91 Å². The van der Waals surface area contributed by atoms with E-state index in [-0.39, 0.29) is 5.91 Å². The first kappa shape index (κ1) is 13.4. The molecule has 0 saturated heterocycles. The van der Waals surface area contributed by atoms with Crippen molar-refractivity contribution in [3.05, 3.63) is 28.9 Å². The van der Waals surface area contributed by atoms with Crippen molar-refractivity contribution in [2.75, 3.05) is 12.4 Å². The maximum absolute atomic E-state index is 11.9. The first-order valence-electron chi connectivity index (χ1n) is 5.86. The molecule has 0 unspecified atom stereocenters. The predicted molar refractivity (Wildman–Crippen MR) is 72.6 cm³/mol. The second-order valence-corrected chi connectivity index (χ2v) is 4.86. The van der Waals surface area contributed by atoms with E-state index in [1.807, 2.05) is 0 Å². The van der Waals surface area contributed by atoms with Crippen LogP contribution >= 0.6 is 11.3 Å². The summed E-state index contributed by atoms with van der Waals surface area (Å²) < 4.78 is 4.93. The molecule has 0 fully saturated rings. The molecule has 0 saturated carbocycles. The van der Waals surface area contributed by atoms with Gasteiger partial charge in [0, 0.05) is 18.7 Å². The summed E-state index contributed by atoms with van der Waals surface area (Å²) in [7, 11) is 1.53. The average Bonchev–Trinajstić information content (AvgIpc) is 2.86. The molecule has 19 heavy (non-hydrogen) atoms. The van der Waals surface area contributed by atoms with Gasteiger partial charge in [0.2, 0.25) is 11.0 Å². The van der Waals surface area contributed by atoms with Gasteiger partial charge in [-0.2, -0.15) is 0 Å². The molecule has 0 radical (unpaired) electrons. The molecule has 2 rings (SSSR count). The lowest BCUT2D eigenvalue weighted by atomic mass is 10.3.